The van der Waals surface area contributed by atoms with Gasteiger partial charge in [-0.15, -0.1) is 0 Å². The molecule has 0 spiro atoms. The monoisotopic (exact) mass is 627 g/mol. The molecule has 3 aromatic carbocycles. The van der Waals surface area contributed by atoms with Gasteiger partial charge in [0.2, 0.25) is 0 Å². The third-order valence-corrected chi connectivity index (χ3v) is 8.07. The molecule has 0 aliphatic rings. The highest BCUT2D eigenvalue weighted by atomic mass is 16.5. The van der Waals surface area contributed by atoms with E-state index in [1.807, 2.05) is 36.4 Å². The topological polar surface area (TPSA) is 151 Å². The molecule has 11 nitrogen and oxygen atoms in total. The number of anilines is 2. The first-order valence-corrected chi connectivity index (χ1v) is 15.4. The second kappa shape index (κ2) is 17.6. The molecule has 0 radical (unpaired) electrons. The Morgan fingerprint density at radius 1 is 0.867 bits per heavy atom. The summed E-state index contributed by atoms with van der Waals surface area (Å²) in [6.45, 7) is 5.84. The molecule has 0 bridgehead atoms. The summed E-state index contributed by atoms with van der Waals surface area (Å²) in [5.74, 6) is 3.08. The van der Waals surface area contributed by atoms with Crippen LogP contribution in [0.4, 0.5) is 11.4 Å². The van der Waals surface area contributed by atoms with Crippen LogP contribution < -0.4 is 46.2 Å². The lowest BCUT2D eigenvalue weighted by Gasteiger charge is -2.28. The molecule has 0 aliphatic carbocycles. The first-order valence-electron chi connectivity index (χ1n) is 15.4. The SMILES string of the molecule is COCCCOc1cc(C[C@@H](C[C@H](N)[C@@H](O)CNc2c(NCCc3cccc(OC)c3OC)c(=O)c2=O)C(C)C)ccc1OC. The molecule has 3 atom stereocenters. The minimum absolute atomic E-state index is 0.0389. The quantitative estimate of drug-likeness (QED) is 0.102. The Kier molecular flexibility index (Phi) is 14.0. The van der Waals surface area contributed by atoms with Gasteiger partial charge in [-0.1, -0.05) is 32.0 Å². The van der Waals surface area contributed by atoms with Gasteiger partial charge in [0.25, 0.3) is 10.9 Å². The number of nitrogens with one attached hydrogen (secondary N) is 2. The largest absolute Gasteiger partial charge is 0.493 e. The van der Waals surface area contributed by atoms with Gasteiger partial charge >= 0.3 is 0 Å². The standard InChI is InChI=1S/C34H49N3O8/c1-21(2)24(17-22-11-12-27(42-4)29(18-22)45-16-8-15-41-3)19-25(35)26(38)20-37-31-30(32(39)33(31)40)36-14-13-23-9-7-10-28(43-5)34(23)44-6/h7,9-12,18,21,24-26,36-38H,8,13-17,19-20,35H2,1-6H3/t24-,25-,26-/m0/s1. The van der Waals surface area contributed by atoms with E-state index in [4.69, 9.17) is 29.4 Å². The van der Waals surface area contributed by atoms with Crippen LogP contribution in [0.5, 0.6) is 23.0 Å². The van der Waals surface area contributed by atoms with E-state index in [-0.39, 0.29) is 23.8 Å². The van der Waals surface area contributed by atoms with Gasteiger partial charge in [-0.3, -0.25) is 9.59 Å². The third-order valence-electron chi connectivity index (χ3n) is 8.07. The molecular formula is C34H49N3O8. The van der Waals surface area contributed by atoms with Crippen LogP contribution in [0.3, 0.4) is 0 Å². The van der Waals surface area contributed by atoms with Gasteiger partial charge in [0.1, 0.15) is 11.4 Å². The van der Waals surface area contributed by atoms with Crippen molar-refractivity contribution < 1.29 is 28.8 Å². The Balaban J connectivity index is 1.56. The van der Waals surface area contributed by atoms with Gasteiger partial charge in [-0.05, 0) is 60.4 Å². The average Bonchev–Trinajstić information content (AvgIpc) is 3.04. The van der Waals surface area contributed by atoms with Crippen molar-refractivity contribution in [3.05, 3.63) is 68.0 Å². The van der Waals surface area contributed by atoms with Crippen molar-refractivity contribution in [3.8, 4) is 23.0 Å². The number of hydrogen-bond donors (Lipinski definition) is 4. The number of methoxy groups -OCH3 is 4. The number of aliphatic hydroxyl groups excluding tert-OH is 1. The third kappa shape index (κ3) is 9.59. The van der Waals surface area contributed by atoms with Crippen LogP contribution in [0.25, 0.3) is 0 Å². The zero-order valence-electron chi connectivity index (χ0n) is 27.3. The van der Waals surface area contributed by atoms with E-state index in [1.165, 1.54) is 0 Å². The van der Waals surface area contributed by atoms with E-state index in [9.17, 15) is 14.7 Å². The minimum Gasteiger partial charge on any atom is -0.493 e. The van der Waals surface area contributed by atoms with Crippen LogP contribution in [0.15, 0.2) is 46.0 Å². The molecule has 3 aromatic rings. The lowest BCUT2D eigenvalue weighted by atomic mass is 9.83. The molecule has 0 amide bonds. The Bertz CT molecular complexity index is 1420. The summed E-state index contributed by atoms with van der Waals surface area (Å²) in [6.07, 6.45) is 1.69. The Morgan fingerprint density at radius 2 is 1.58 bits per heavy atom. The lowest BCUT2D eigenvalue weighted by Crippen LogP contribution is -2.44. The average molecular weight is 628 g/mol. The van der Waals surface area contributed by atoms with Crippen LogP contribution in [0.1, 0.15) is 37.8 Å². The van der Waals surface area contributed by atoms with Crippen molar-refractivity contribution in [2.75, 3.05) is 65.4 Å². The predicted molar refractivity (Wildman–Crippen MR) is 177 cm³/mol. The van der Waals surface area contributed by atoms with E-state index in [1.54, 1.807) is 28.4 Å². The summed E-state index contributed by atoms with van der Waals surface area (Å²) in [7, 11) is 6.42. The molecule has 0 heterocycles. The van der Waals surface area contributed by atoms with Crippen LogP contribution >= 0.6 is 0 Å². The molecule has 11 heteroatoms. The number of nitrogens with two attached hydrogens (primary N) is 1. The molecule has 5 N–H and O–H groups in total. The number of benzene rings is 2. The highest BCUT2D eigenvalue weighted by Gasteiger charge is 2.26. The molecule has 0 unspecified atom stereocenters. The molecule has 0 saturated heterocycles. The van der Waals surface area contributed by atoms with Crippen molar-refractivity contribution in [1.29, 1.82) is 0 Å². The van der Waals surface area contributed by atoms with Crippen LogP contribution in [0.2, 0.25) is 0 Å². The Morgan fingerprint density at radius 3 is 2.22 bits per heavy atom. The van der Waals surface area contributed by atoms with Gasteiger partial charge in [0.05, 0.1) is 34.0 Å². The second-order valence-corrected chi connectivity index (χ2v) is 11.5. The fourth-order valence-corrected chi connectivity index (χ4v) is 5.31. The highest BCUT2D eigenvalue weighted by Crippen LogP contribution is 2.32. The smallest absolute Gasteiger partial charge is 0.253 e. The Labute approximate surface area is 265 Å². The summed E-state index contributed by atoms with van der Waals surface area (Å²) < 4.78 is 27.3. The molecule has 0 saturated carbocycles. The number of rotatable bonds is 21. The number of para-hydroxylation sites is 1. The van der Waals surface area contributed by atoms with Crippen LogP contribution in [-0.2, 0) is 17.6 Å². The fourth-order valence-electron chi connectivity index (χ4n) is 5.31. The highest BCUT2D eigenvalue weighted by molar-refractivity contribution is 5.74. The number of hydrogen-bond acceptors (Lipinski definition) is 11. The van der Waals surface area contributed by atoms with Crippen LogP contribution in [0, 0.1) is 11.8 Å². The number of ether oxygens (including phenoxy) is 5. The maximum Gasteiger partial charge on any atom is 0.253 e. The maximum atomic E-state index is 12.3. The van der Waals surface area contributed by atoms with E-state index in [2.05, 4.69) is 24.5 Å². The normalized spacial score (nSPS) is 13.4. The molecular weight excluding hydrogens is 578 g/mol. The summed E-state index contributed by atoms with van der Waals surface area (Å²) in [5, 5.41) is 16.9. The number of aliphatic hydroxyl groups is 1. The summed E-state index contributed by atoms with van der Waals surface area (Å²) >= 11 is 0. The van der Waals surface area contributed by atoms with Gasteiger partial charge < -0.3 is 45.2 Å². The predicted octanol–water partition coefficient (Wildman–Crippen LogP) is 3.38. The lowest BCUT2D eigenvalue weighted by molar-refractivity contribution is 0.137. The van der Waals surface area contributed by atoms with Crippen molar-refractivity contribution in [2.45, 2.75) is 51.7 Å². The summed E-state index contributed by atoms with van der Waals surface area (Å²) in [6, 6.07) is 11.0. The van der Waals surface area contributed by atoms with Crippen molar-refractivity contribution in [3.63, 3.8) is 0 Å². The van der Waals surface area contributed by atoms with Gasteiger partial charge in [-0.2, -0.15) is 0 Å². The summed E-state index contributed by atoms with van der Waals surface area (Å²) in [4.78, 5) is 24.6. The van der Waals surface area contributed by atoms with E-state index in [0.717, 1.165) is 24.0 Å². The fraction of sp³-hybridized carbons (Fsp3) is 0.529. The molecule has 0 fully saturated rings. The van der Waals surface area contributed by atoms with Crippen LogP contribution in [-0.4, -0.2) is 72.0 Å². The van der Waals surface area contributed by atoms with E-state index >= 15 is 0 Å². The Hall–Kier alpha value is -3.80. The van der Waals surface area contributed by atoms with Gasteiger partial charge in [0, 0.05) is 39.3 Å². The molecule has 45 heavy (non-hydrogen) atoms. The van der Waals surface area contributed by atoms with Gasteiger partial charge in [-0.25, -0.2) is 0 Å². The second-order valence-electron chi connectivity index (χ2n) is 11.5. The first-order chi connectivity index (χ1) is 21.6. The molecule has 248 valence electrons. The van der Waals surface area contributed by atoms with E-state index < -0.39 is 23.0 Å². The van der Waals surface area contributed by atoms with E-state index in [0.29, 0.717) is 61.5 Å². The first kappa shape index (κ1) is 35.7. The van der Waals surface area contributed by atoms with Gasteiger partial charge in [0.15, 0.2) is 23.0 Å². The zero-order valence-corrected chi connectivity index (χ0v) is 27.3. The molecule has 0 aliphatic heterocycles. The summed E-state index contributed by atoms with van der Waals surface area (Å²) in [5.41, 5.74) is 7.63. The van der Waals surface area contributed by atoms with Crippen molar-refractivity contribution in [1.82, 2.24) is 0 Å². The van der Waals surface area contributed by atoms with Crippen molar-refractivity contribution in [2.24, 2.45) is 17.6 Å². The maximum absolute atomic E-state index is 12.3. The van der Waals surface area contributed by atoms with Crippen molar-refractivity contribution >= 4 is 11.4 Å². The molecule has 0 aromatic heterocycles. The minimum atomic E-state index is -0.930. The zero-order chi connectivity index (χ0) is 32.9. The molecule has 3 rings (SSSR count).